The lowest BCUT2D eigenvalue weighted by molar-refractivity contribution is -0.142. The Hall–Kier alpha value is -2.95. The van der Waals surface area contributed by atoms with Crippen LogP contribution in [0.25, 0.3) is 0 Å². The maximum absolute atomic E-state index is 12.8. The Morgan fingerprint density at radius 3 is 2.64 bits per heavy atom. The van der Waals surface area contributed by atoms with Crippen LogP contribution in [-0.4, -0.2) is 74.4 Å². The summed E-state index contributed by atoms with van der Waals surface area (Å²) < 4.78 is 0. The number of carboxylic acid groups (broad SMARTS) is 1. The number of aromatic amines is 1. The number of nitrogens with one attached hydrogen (secondary N) is 3. The molecule has 11 nitrogen and oxygen atoms in total. The molecule has 0 saturated carbocycles. The first-order valence-corrected chi connectivity index (χ1v) is 9.07. The van der Waals surface area contributed by atoms with E-state index in [9.17, 15) is 19.2 Å². The molecule has 3 amide bonds. The van der Waals surface area contributed by atoms with Gasteiger partial charge >= 0.3 is 5.97 Å². The molecule has 0 bridgehead atoms. The maximum atomic E-state index is 12.8. The number of amides is 3. The molecule has 2 heterocycles. The molecule has 2 rings (SSSR count). The first-order valence-electron chi connectivity index (χ1n) is 9.07. The monoisotopic (exact) mass is 394 g/mol. The van der Waals surface area contributed by atoms with Gasteiger partial charge in [0.1, 0.15) is 18.1 Å². The summed E-state index contributed by atoms with van der Waals surface area (Å²) in [7, 11) is 0. The molecule has 1 fully saturated rings. The average Bonchev–Trinajstić information content (AvgIpc) is 3.31. The van der Waals surface area contributed by atoms with Crippen LogP contribution >= 0.6 is 0 Å². The highest BCUT2D eigenvalue weighted by Gasteiger charge is 2.37. The van der Waals surface area contributed by atoms with Crippen molar-refractivity contribution in [1.29, 1.82) is 0 Å². The van der Waals surface area contributed by atoms with Crippen molar-refractivity contribution in [2.75, 3.05) is 6.54 Å². The molecule has 4 atom stereocenters. The predicted molar refractivity (Wildman–Crippen MR) is 97.8 cm³/mol. The number of nitrogens with two attached hydrogens (primary N) is 1. The van der Waals surface area contributed by atoms with E-state index in [0.717, 1.165) is 0 Å². The summed E-state index contributed by atoms with van der Waals surface area (Å²) in [6.07, 6.45) is 4.16. The third kappa shape index (κ3) is 5.28. The van der Waals surface area contributed by atoms with Gasteiger partial charge < -0.3 is 31.4 Å². The minimum atomic E-state index is -1.19. The number of aliphatic carboxylic acids is 1. The van der Waals surface area contributed by atoms with Gasteiger partial charge in [-0.25, -0.2) is 4.98 Å². The molecule has 6 N–H and O–H groups in total. The number of carbonyl (C=O) groups excluding carboxylic acids is 3. The molecule has 4 unspecified atom stereocenters. The molecule has 0 radical (unpaired) electrons. The van der Waals surface area contributed by atoms with E-state index in [1.165, 1.54) is 24.3 Å². The highest BCUT2D eigenvalue weighted by atomic mass is 16.4. The number of likely N-dealkylation sites (tertiary alicyclic amines) is 1. The molecule has 1 saturated heterocycles. The Balaban J connectivity index is 2.12. The SMILES string of the molecule is CC(N)C(=O)N1CCCC1C(=O)NC(Cc1cnc[nH]1)C(=O)NC(C)C(=O)O. The standard InChI is InChI=1S/C17H26N6O5/c1-9(18)16(26)23-5-3-4-13(23)15(25)22-12(6-11-7-19-8-20-11)14(24)21-10(2)17(27)28/h7-10,12-13H,3-6,18H2,1-2H3,(H,19,20)(H,21,24)(H,22,25)(H,27,28). The lowest BCUT2D eigenvalue weighted by atomic mass is 10.1. The second-order valence-corrected chi connectivity index (χ2v) is 6.89. The van der Waals surface area contributed by atoms with Gasteiger partial charge in [-0.05, 0) is 26.7 Å². The number of aromatic nitrogens is 2. The number of hydrogen-bond donors (Lipinski definition) is 5. The Morgan fingerprint density at radius 1 is 1.36 bits per heavy atom. The molecule has 1 aromatic heterocycles. The summed E-state index contributed by atoms with van der Waals surface area (Å²) in [5.74, 6) is -2.63. The summed E-state index contributed by atoms with van der Waals surface area (Å²) in [6.45, 7) is 3.30. The molecule has 154 valence electrons. The van der Waals surface area contributed by atoms with Crippen LogP contribution in [0.4, 0.5) is 0 Å². The fraction of sp³-hybridized carbons (Fsp3) is 0.588. The molecule has 1 aliphatic rings. The number of H-pyrrole nitrogens is 1. The highest BCUT2D eigenvalue weighted by Crippen LogP contribution is 2.18. The van der Waals surface area contributed by atoms with Crippen LogP contribution in [0.2, 0.25) is 0 Å². The lowest BCUT2D eigenvalue weighted by Crippen LogP contribution is -2.56. The van der Waals surface area contributed by atoms with Gasteiger partial charge in [-0.1, -0.05) is 0 Å². The van der Waals surface area contributed by atoms with Gasteiger partial charge in [0.2, 0.25) is 17.7 Å². The topological polar surface area (TPSA) is 171 Å². The fourth-order valence-corrected chi connectivity index (χ4v) is 3.03. The normalized spacial score (nSPS) is 19.5. The minimum absolute atomic E-state index is 0.0951. The fourth-order valence-electron chi connectivity index (χ4n) is 3.03. The van der Waals surface area contributed by atoms with Crippen LogP contribution in [0.3, 0.4) is 0 Å². The zero-order valence-corrected chi connectivity index (χ0v) is 15.8. The van der Waals surface area contributed by atoms with Gasteiger partial charge in [0.15, 0.2) is 0 Å². The highest BCUT2D eigenvalue weighted by molar-refractivity contribution is 5.94. The summed E-state index contributed by atoms with van der Waals surface area (Å²) in [4.78, 5) is 56.7. The largest absolute Gasteiger partial charge is 0.480 e. The van der Waals surface area contributed by atoms with E-state index in [-0.39, 0.29) is 12.3 Å². The zero-order chi connectivity index (χ0) is 20.8. The van der Waals surface area contributed by atoms with Crippen LogP contribution < -0.4 is 16.4 Å². The number of imidazole rings is 1. The van der Waals surface area contributed by atoms with E-state index in [1.54, 1.807) is 6.92 Å². The quantitative estimate of drug-likeness (QED) is 0.352. The van der Waals surface area contributed by atoms with E-state index < -0.39 is 42.0 Å². The van der Waals surface area contributed by atoms with Crippen molar-refractivity contribution in [3.63, 3.8) is 0 Å². The second-order valence-electron chi connectivity index (χ2n) is 6.89. The van der Waals surface area contributed by atoms with Crippen molar-refractivity contribution in [3.05, 3.63) is 18.2 Å². The van der Waals surface area contributed by atoms with E-state index in [0.29, 0.717) is 25.1 Å². The van der Waals surface area contributed by atoms with Crippen LogP contribution in [0.15, 0.2) is 12.5 Å². The Morgan fingerprint density at radius 2 is 2.07 bits per heavy atom. The Kier molecular flexibility index (Phi) is 7.10. The van der Waals surface area contributed by atoms with E-state index >= 15 is 0 Å². The van der Waals surface area contributed by atoms with Gasteiger partial charge in [0, 0.05) is 24.9 Å². The molecule has 0 aliphatic carbocycles. The van der Waals surface area contributed by atoms with Gasteiger partial charge in [0.25, 0.3) is 0 Å². The molecule has 1 aromatic rings. The second kappa shape index (κ2) is 9.31. The third-order valence-corrected chi connectivity index (χ3v) is 4.57. The molecule has 0 aromatic carbocycles. The lowest BCUT2D eigenvalue weighted by Gasteiger charge is -2.27. The summed E-state index contributed by atoms with van der Waals surface area (Å²) in [6, 6.07) is -3.58. The number of hydrogen-bond acceptors (Lipinski definition) is 6. The van der Waals surface area contributed by atoms with Crippen molar-refractivity contribution in [2.45, 2.75) is 57.3 Å². The predicted octanol–water partition coefficient (Wildman–Crippen LogP) is -1.64. The molecule has 1 aliphatic heterocycles. The summed E-state index contributed by atoms with van der Waals surface area (Å²) in [5, 5.41) is 14.0. The van der Waals surface area contributed by atoms with Crippen LogP contribution in [0.1, 0.15) is 32.4 Å². The number of carboxylic acids is 1. The minimum Gasteiger partial charge on any atom is -0.480 e. The van der Waals surface area contributed by atoms with E-state index in [2.05, 4.69) is 20.6 Å². The number of rotatable bonds is 8. The average molecular weight is 394 g/mol. The van der Waals surface area contributed by atoms with Crippen molar-refractivity contribution < 1.29 is 24.3 Å². The number of carbonyl (C=O) groups is 4. The molecular formula is C17H26N6O5. The smallest absolute Gasteiger partial charge is 0.325 e. The van der Waals surface area contributed by atoms with E-state index in [4.69, 9.17) is 10.8 Å². The van der Waals surface area contributed by atoms with E-state index in [1.807, 2.05) is 0 Å². The van der Waals surface area contributed by atoms with Crippen molar-refractivity contribution >= 4 is 23.7 Å². The Labute approximate surface area is 162 Å². The van der Waals surface area contributed by atoms with Crippen molar-refractivity contribution in [3.8, 4) is 0 Å². The van der Waals surface area contributed by atoms with Crippen LogP contribution in [0.5, 0.6) is 0 Å². The number of nitrogens with zero attached hydrogens (tertiary/aromatic N) is 2. The van der Waals surface area contributed by atoms with Gasteiger partial charge in [-0.15, -0.1) is 0 Å². The van der Waals surface area contributed by atoms with Crippen molar-refractivity contribution in [2.24, 2.45) is 5.73 Å². The van der Waals surface area contributed by atoms with Gasteiger partial charge in [-0.3, -0.25) is 19.2 Å². The van der Waals surface area contributed by atoms with Gasteiger partial charge in [0.05, 0.1) is 12.4 Å². The summed E-state index contributed by atoms with van der Waals surface area (Å²) in [5.41, 5.74) is 6.24. The zero-order valence-electron chi connectivity index (χ0n) is 15.8. The molecule has 0 spiro atoms. The van der Waals surface area contributed by atoms with Crippen LogP contribution in [0, 0.1) is 0 Å². The molecule has 28 heavy (non-hydrogen) atoms. The van der Waals surface area contributed by atoms with Crippen molar-refractivity contribution in [1.82, 2.24) is 25.5 Å². The third-order valence-electron chi connectivity index (χ3n) is 4.57. The summed E-state index contributed by atoms with van der Waals surface area (Å²) >= 11 is 0. The van der Waals surface area contributed by atoms with Gasteiger partial charge in [-0.2, -0.15) is 0 Å². The first-order chi connectivity index (χ1) is 13.2. The van der Waals surface area contributed by atoms with Crippen LogP contribution in [-0.2, 0) is 25.6 Å². The first kappa shape index (κ1) is 21.4. The maximum Gasteiger partial charge on any atom is 0.325 e. The molecule has 11 heteroatoms. The Bertz CT molecular complexity index is 720. The molecular weight excluding hydrogens is 368 g/mol.